The minimum atomic E-state index is -0.101. The number of hydrogen-bond donors (Lipinski definition) is 1. The molecule has 1 aromatic heterocycles. The number of amides is 1. The fraction of sp³-hybridized carbons (Fsp3) is 0.583. The van der Waals surface area contributed by atoms with Crippen molar-refractivity contribution in [2.24, 2.45) is 0 Å². The average molecular weight is 247 g/mol. The lowest BCUT2D eigenvalue weighted by atomic mass is 10.2. The number of hydrogen-bond acceptors (Lipinski definition) is 5. The van der Waals surface area contributed by atoms with Gasteiger partial charge in [-0.15, -0.1) is 0 Å². The van der Waals surface area contributed by atoms with Gasteiger partial charge in [-0.1, -0.05) is 0 Å². The van der Waals surface area contributed by atoms with E-state index in [0.717, 1.165) is 32.2 Å². The summed E-state index contributed by atoms with van der Waals surface area (Å²) in [6.07, 6.45) is 5.62. The van der Waals surface area contributed by atoms with Crippen LogP contribution in [0, 0.1) is 0 Å². The van der Waals surface area contributed by atoms with Gasteiger partial charge < -0.3 is 10.6 Å². The van der Waals surface area contributed by atoms with Gasteiger partial charge in [0.2, 0.25) is 0 Å². The summed E-state index contributed by atoms with van der Waals surface area (Å²) in [6.45, 7) is 3.42. The molecular weight excluding hydrogens is 230 g/mol. The molecular formula is C12H17N5O. The molecule has 1 aliphatic carbocycles. The topological polar surface area (TPSA) is 75.3 Å². The van der Waals surface area contributed by atoms with E-state index in [9.17, 15) is 4.79 Å². The molecule has 0 atom stereocenters. The van der Waals surface area contributed by atoms with Crippen LogP contribution in [0.5, 0.6) is 0 Å². The summed E-state index contributed by atoms with van der Waals surface area (Å²) in [7, 11) is 0. The van der Waals surface area contributed by atoms with Crippen molar-refractivity contribution in [2.45, 2.75) is 18.9 Å². The smallest absolute Gasteiger partial charge is 0.276 e. The highest BCUT2D eigenvalue weighted by Crippen LogP contribution is 2.27. The summed E-state index contributed by atoms with van der Waals surface area (Å²) in [4.78, 5) is 24.5. The highest BCUT2D eigenvalue weighted by molar-refractivity contribution is 5.96. The van der Waals surface area contributed by atoms with Crippen LogP contribution in [0.15, 0.2) is 12.4 Å². The highest BCUT2D eigenvalue weighted by atomic mass is 16.2. The first kappa shape index (κ1) is 11.4. The summed E-state index contributed by atoms with van der Waals surface area (Å²) in [6, 6.07) is 0.767. The van der Waals surface area contributed by atoms with Crippen LogP contribution in [0.1, 0.15) is 23.3 Å². The van der Waals surface area contributed by atoms with Crippen molar-refractivity contribution in [1.82, 2.24) is 19.8 Å². The van der Waals surface area contributed by atoms with Crippen LogP contribution in [0.4, 0.5) is 5.82 Å². The third kappa shape index (κ3) is 2.15. The highest BCUT2D eigenvalue weighted by Gasteiger charge is 2.32. The minimum Gasteiger partial charge on any atom is -0.382 e. The Morgan fingerprint density at radius 2 is 1.83 bits per heavy atom. The van der Waals surface area contributed by atoms with Gasteiger partial charge in [0.05, 0.1) is 0 Å². The maximum absolute atomic E-state index is 12.2. The number of carbonyl (C=O) groups is 1. The molecule has 18 heavy (non-hydrogen) atoms. The van der Waals surface area contributed by atoms with Crippen molar-refractivity contribution in [2.75, 3.05) is 31.9 Å². The van der Waals surface area contributed by atoms with Gasteiger partial charge in [-0.2, -0.15) is 0 Å². The Morgan fingerprint density at radius 3 is 2.44 bits per heavy atom. The summed E-state index contributed by atoms with van der Waals surface area (Å²) in [5, 5.41) is 0. The molecule has 2 fully saturated rings. The molecule has 2 aliphatic rings. The number of anilines is 1. The molecule has 0 unspecified atom stereocenters. The summed E-state index contributed by atoms with van der Waals surface area (Å²) >= 11 is 0. The number of aromatic nitrogens is 2. The van der Waals surface area contributed by atoms with Gasteiger partial charge in [0.1, 0.15) is 0 Å². The maximum Gasteiger partial charge on any atom is 0.276 e. The van der Waals surface area contributed by atoms with Gasteiger partial charge >= 0.3 is 0 Å². The van der Waals surface area contributed by atoms with Crippen LogP contribution in [-0.2, 0) is 0 Å². The zero-order valence-electron chi connectivity index (χ0n) is 10.2. The summed E-state index contributed by atoms with van der Waals surface area (Å²) in [5.41, 5.74) is 5.96. The Balaban J connectivity index is 1.65. The summed E-state index contributed by atoms with van der Waals surface area (Å²) < 4.78 is 0. The normalized spacial score (nSPS) is 21.0. The van der Waals surface area contributed by atoms with Crippen molar-refractivity contribution >= 4 is 11.7 Å². The molecule has 6 heteroatoms. The molecule has 96 valence electrons. The van der Waals surface area contributed by atoms with E-state index in [1.807, 2.05) is 4.90 Å². The molecule has 1 aliphatic heterocycles. The molecule has 0 spiro atoms. The average Bonchev–Trinajstić information content (AvgIpc) is 3.23. The van der Waals surface area contributed by atoms with Crippen LogP contribution in [0.25, 0.3) is 0 Å². The van der Waals surface area contributed by atoms with Crippen LogP contribution in [-0.4, -0.2) is 57.9 Å². The number of carbonyl (C=O) groups excluding carboxylic acids is 1. The van der Waals surface area contributed by atoms with Gasteiger partial charge in [-0.25, -0.2) is 9.97 Å². The second kappa shape index (κ2) is 4.53. The lowest BCUT2D eigenvalue weighted by Crippen LogP contribution is -2.49. The Bertz CT molecular complexity index is 452. The van der Waals surface area contributed by atoms with Gasteiger partial charge in [0, 0.05) is 44.6 Å². The zero-order valence-corrected chi connectivity index (χ0v) is 10.2. The second-order valence-electron chi connectivity index (χ2n) is 4.85. The van der Waals surface area contributed by atoms with Crippen LogP contribution in [0.2, 0.25) is 0 Å². The Labute approximate surface area is 106 Å². The molecule has 1 saturated carbocycles. The predicted octanol–water partition coefficient (Wildman–Crippen LogP) is -0.0210. The first-order valence-electron chi connectivity index (χ1n) is 6.35. The Kier molecular flexibility index (Phi) is 2.87. The van der Waals surface area contributed by atoms with Crippen LogP contribution in [0.3, 0.4) is 0 Å². The van der Waals surface area contributed by atoms with E-state index in [1.54, 1.807) is 0 Å². The third-order valence-corrected chi connectivity index (χ3v) is 3.59. The summed E-state index contributed by atoms with van der Waals surface area (Å²) in [5.74, 6) is 0.114. The van der Waals surface area contributed by atoms with Crippen LogP contribution < -0.4 is 5.73 Å². The van der Waals surface area contributed by atoms with E-state index < -0.39 is 0 Å². The molecule has 1 aromatic rings. The van der Waals surface area contributed by atoms with Crippen molar-refractivity contribution in [3.05, 3.63) is 18.1 Å². The largest absolute Gasteiger partial charge is 0.382 e. The quantitative estimate of drug-likeness (QED) is 0.795. The van der Waals surface area contributed by atoms with Crippen molar-refractivity contribution in [3.8, 4) is 0 Å². The van der Waals surface area contributed by atoms with Crippen molar-refractivity contribution in [3.63, 3.8) is 0 Å². The van der Waals surface area contributed by atoms with Gasteiger partial charge in [0.15, 0.2) is 11.5 Å². The van der Waals surface area contributed by atoms with Gasteiger partial charge in [-0.3, -0.25) is 9.69 Å². The number of rotatable bonds is 2. The molecule has 0 bridgehead atoms. The van der Waals surface area contributed by atoms with E-state index in [1.165, 1.54) is 25.2 Å². The monoisotopic (exact) mass is 247 g/mol. The van der Waals surface area contributed by atoms with Gasteiger partial charge in [-0.05, 0) is 12.8 Å². The lowest BCUT2D eigenvalue weighted by Gasteiger charge is -2.34. The molecule has 1 saturated heterocycles. The zero-order chi connectivity index (χ0) is 12.5. The SMILES string of the molecule is Nc1nccnc1C(=O)N1CCN(C2CC2)CC1. The van der Waals surface area contributed by atoms with Crippen molar-refractivity contribution < 1.29 is 4.79 Å². The maximum atomic E-state index is 12.2. The lowest BCUT2D eigenvalue weighted by molar-refractivity contribution is 0.0622. The molecule has 6 nitrogen and oxygen atoms in total. The Hall–Kier alpha value is -1.69. The van der Waals surface area contributed by atoms with E-state index in [0.29, 0.717) is 0 Å². The number of nitrogens with two attached hydrogens (primary N) is 1. The number of piperazine rings is 1. The molecule has 2 heterocycles. The molecule has 3 rings (SSSR count). The third-order valence-electron chi connectivity index (χ3n) is 3.59. The standard InChI is InChI=1S/C12H17N5O/c13-11-10(14-3-4-15-11)12(18)17-7-5-16(6-8-17)9-1-2-9/h3-4,9H,1-2,5-8H2,(H2,13,15). The van der Waals surface area contributed by atoms with E-state index in [4.69, 9.17) is 5.73 Å². The van der Waals surface area contributed by atoms with Crippen LogP contribution >= 0.6 is 0 Å². The molecule has 1 amide bonds. The number of nitrogen functional groups attached to an aromatic ring is 1. The van der Waals surface area contributed by atoms with Gasteiger partial charge in [0.25, 0.3) is 5.91 Å². The molecule has 2 N–H and O–H groups in total. The Morgan fingerprint density at radius 1 is 1.17 bits per heavy atom. The second-order valence-corrected chi connectivity index (χ2v) is 4.85. The fourth-order valence-corrected chi connectivity index (χ4v) is 2.39. The van der Waals surface area contributed by atoms with E-state index in [-0.39, 0.29) is 17.4 Å². The fourth-order valence-electron chi connectivity index (χ4n) is 2.39. The van der Waals surface area contributed by atoms with Crippen molar-refractivity contribution in [1.29, 1.82) is 0 Å². The van der Waals surface area contributed by atoms with E-state index in [2.05, 4.69) is 14.9 Å². The predicted molar refractivity (Wildman–Crippen MR) is 66.9 cm³/mol. The molecule has 0 radical (unpaired) electrons. The number of nitrogens with zero attached hydrogens (tertiary/aromatic N) is 4. The van der Waals surface area contributed by atoms with E-state index >= 15 is 0 Å². The first-order valence-corrected chi connectivity index (χ1v) is 6.35. The first-order chi connectivity index (χ1) is 8.75. The molecule has 0 aromatic carbocycles. The minimum absolute atomic E-state index is 0.101.